The SMILES string of the molecule is CCC(CC)n1cc(C(C)N)cn1. The van der Waals surface area contributed by atoms with Crippen molar-refractivity contribution >= 4 is 0 Å². The lowest BCUT2D eigenvalue weighted by Gasteiger charge is -2.12. The summed E-state index contributed by atoms with van der Waals surface area (Å²) in [6.07, 6.45) is 6.17. The predicted octanol–water partition coefficient (Wildman–Crippen LogP) is 2.26. The Morgan fingerprint density at radius 2 is 2.08 bits per heavy atom. The van der Waals surface area contributed by atoms with Gasteiger partial charge in [0, 0.05) is 17.8 Å². The van der Waals surface area contributed by atoms with Crippen molar-refractivity contribution in [2.45, 2.75) is 45.7 Å². The van der Waals surface area contributed by atoms with Crippen molar-refractivity contribution in [2.75, 3.05) is 0 Å². The van der Waals surface area contributed by atoms with Gasteiger partial charge in [0.2, 0.25) is 0 Å². The maximum absolute atomic E-state index is 5.76. The van der Waals surface area contributed by atoms with Crippen LogP contribution in [0.2, 0.25) is 0 Å². The van der Waals surface area contributed by atoms with Gasteiger partial charge in [0.1, 0.15) is 0 Å². The fourth-order valence-electron chi connectivity index (χ4n) is 1.45. The molecule has 13 heavy (non-hydrogen) atoms. The van der Waals surface area contributed by atoms with Gasteiger partial charge < -0.3 is 5.73 Å². The topological polar surface area (TPSA) is 43.8 Å². The molecule has 0 bridgehead atoms. The lowest BCUT2D eigenvalue weighted by Crippen LogP contribution is -2.07. The summed E-state index contributed by atoms with van der Waals surface area (Å²) < 4.78 is 2.03. The Morgan fingerprint density at radius 1 is 1.46 bits per heavy atom. The van der Waals surface area contributed by atoms with Crippen molar-refractivity contribution in [3.8, 4) is 0 Å². The van der Waals surface area contributed by atoms with Crippen molar-refractivity contribution in [3.05, 3.63) is 18.0 Å². The first-order chi connectivity index (χ1) is 6.19. The van der Waals surface area contributed by atoms with Gasteiger partial charge in [-0.15, -0.1) is 0 Å². The van der Waals surface area contributed by atoms with E-state index >= 15 is 0 Å². The van der Waals surface area contributed by atoms with Crippen molar-refractivity contribution in [1.29, 1.82) is 0 Å². The maximum Gasteiger partial charge on any atom is 0.0537 e. The number of nitrogens with zero attached hydrogens (tertiary/aromatic N) is 2. The minimum atomic E-state index is 0.0862. The van der Waals surface area contributed by atoms with Crippen LogP contribution in [0.15, 0.2) is 12.4 Å². The molecule has 74 valence electrons. The molecule has 3 heteroatoms. The number of aromatic nitrogens is 2. The van der Waals surface area contributed by atoms with Gasteiger partial charge in [-0.25, -0.2) is 0 Å². The maximum atomic E-state index is 5.76. The van der Waals surface area contributed by atoms with E-state index in [0.29, 0.717) is 6.04 Å². The molecule has 1 unspecified atom stereocenters. The average molecular weight is 181 g/mol. The molecule has 0 aromatic carbocycles. The van der Waals surface area contributed by atoms with Gasteiger partial charge in [-0.3, -0.25) is 4.68 Å². The Morgan fingerprint density at radius 3 is 2.46 bits per heavy atom. The van der Waals surface area contributed by atoms with E-state index in [1.54, 1.807) is 0 Å². The Kier molecular flexibility index (Phi) is 3.48. The quantitative estimate of drug-likeness (QED) is 0.774. The second-order valence-corrected chi connectivity index (χ2v) is 3.51. The van der Waals surface area contributed by atoms with Crippen LogP contribution in [0, 0.1) is 0 Å². The first kappa shape index (κ1) is 10.3. The molecule has 0 saturated carbocycles. The van der Waals surface area contributed by atoms with Gasteiger partial charge in [-0.1, -0.05) is 13.8 Å². The summed E-state index contributed by atoms with van der Waals surface area (Å²) in [5.41, 5.74) is 6.87. The molecule has 2 N–H and O–H groups in total. The van der Waals surface area contributed by atoms with Crippen LogP contribution < -0.4 is 5.73 Å². The summed E-state index contributed by atoms with van der Waals surface area (Å²) in [6.45, 7) is 6.34. The number of hydrogen-bond acceptors (Lipinski definition) is 2. The highest BCUT2D eigenvalue weighted by Gasteiger charge is 2.08. The molecule has 0 aliphatic carbocycles. The van der Waals surface area contributed by atoms with Gasteiger partial charge >= 0.3 is 0 Å². The minimum Gasteiger partial charge on any atom is -0.324 e. The Labute approximate surface area is 79.9 Å². The molecule has 0 radical (unpaired) electrons. The van der Waals surface area contributed by atoms with E-state index in [0.717, 1.165) is 18.4 Å². The third-order valence-electron chi connectivity index (χ3n) is 2.46. The van der Waals surface area contributed by atoms with Crippen molar-refractivity contribution < 1.29 is 0 Å². The standard InChI is InChI=1S/C10H19N3/c1-4-10(5-2)13-7-9(6-12-13)8(3)11/h6-8,10H,4-5,11H2,1-3H3. The van der Waals surface area contributed by atoms with Gasteiger partial charge in [0.15, 0.2) is 0 Å². The van der Waals surface area contributed by atoms with Crippen LogP contribution in [0.1, 0.15) is 51.3 Å². The molecule has 1 atom stereocenters. The average Bonchev–Trinajstić information content (AvgIpc) is 2.56. The molecule has 1 rings (SSSR count). The van der Waals surface area contributed by atoms with Crippen LogP contribution in [-0.2, 0) is 0 Å². The third kappa shape index (κ3) is 2.31. The van der Waals surface area contributed by atoms with Gasteiger partial charge in [-0.05, 0) is 19.8 Å². The molecule has 1 heterocycles. The van der Waals surface area contributed by atoms with Crippen LogP contribution >= 0.6 is 0 Å². The van der Waals surface area contributed by atoms with Crippen molar-refractivity contribution in [1.82, 2.24) is 9.78 Å². The molecule has 0 aliphatic rings. The fourth-order valence-corrected chi connectivity index (χ4v) is 1.45. The first-order valence-electron chi connectivity index (χ1n) is 4.98. The van der Waals surface area contributed by atoms with E-state index in [-0.39, 0.29) is 6.04 Å². The van der Waals surface area contributed by atoms with Gasteiger partial charge in [0.25, 0.3) is 0 Å². The summed E-state index contributed by atoms with van der Waals surface area (Å²) in [6, 6.07) is 0.607. The Balaban J connectivity index is 2.78. The second kappa shape index (κ2) is 4.42. The van der Waals surface area contributed by atoms with E-state index in [4.69, 9.17) is 5.73 Å². The summed E-state index contributed by atoms with van der Waals surface area (Å²) in [5.74, 6) is 0. The predicted molar refractivity (Wildman–Crippen MR) is 54.4 cm³/mol. The van der Waals surface area contributed by atoms with Crippen molar-refractivity contribution in [2.24, 2.45) is 5.73 Å². The Bertz CT molecular complexity index is 248. The van der Waals surface area contributed by atoms with Crippen LogP contribution in [0.25, 0.3) is 0 Å². The largest absolute Gasteiger partial charge is 0.324 e. The lowest BCUT2D eigenvalue weighted by atomic mass is 10.2. The normalized spacial score (nSPS) is 13.6. The molecule has 0 amide bonds. The molecule has 0 saturated heterocycles. The monoisotopic (exact) mass is 181 g/mol. The smallest absolute Gasteiger partial charge is 0.0537 e. The highest BCUT2D eigenvalue weighted by atomic mass is 15.3. The molecule has 3 nitrogen and oxygen atoms in total. The van der Waals surface area contributed by atoms with Crippen LogP contribution in [0.4, 0.5) is 0 Å². The van der Waals surface area contributed by atoms with Crippen molar-refractivity contribution in [3.63, 3.8) is 0 Å². The van der Waals surface area contributed by atoms with Crippen LogP contribution in [-0.4, -0.2) is 9.78 Å². The minimum absolute atomic E-state index is 0.0862. The van der Waals surface area contributed by atoms with E-state index in [1.165, 1.54) is 0 Å². The molecule has 0 fully saturated rings. The molecule has 1 aromatic rings. The Hall–Kier alpha value is -0.830. The number of rotatable bonds is 4. The highest BCUT2D eigenvalue weighted by Crippen LogP contribution is 2.16. The van der Waals surface area contributed by atoms with Crippen LogP contribution in [0.3, 0.4) is 0 Å². The zero-order valence-electron chi connectivity index (χ0n) is 8.70. The molecule has 0 spiro atoms. The molecule has 0 aliphatic heterocycles. The number of nitrogens with two attached hydrogens (primary N) is 1. The summed E-state index contributed by atoms with van der Waals surface area (Å²) >= 11 is 0. The summed E-state index contributed by atoms with van der Waals surface area (Å²) in [7, 11) is 0. The third-order valence-corrected chi connectivity index (χ3v) is 2.46. The van der Waals surface area contributed by atoms with E-state index in [1.807, 2.05) is 17.8 Å². The van der Waals surface area contributed by atoms with Gasteiger partial charge in [0.05, 0.1) is 12.2 Å². The summed E-state index contributed by atoms with van der Waals surface area (Å²) in [4.78, 5) is 0. The molecule has 1 aromatic heterocycles. The zero-order chi connectivity index (χ0) is 9.84. The summed E-state index contributed by atoms with van der Waals surface area (Å²) in [5, 5.41) is 4.32. The fraction of sp³-hybridized carbons (Fsp3) is 0.700. The zero-order valence-corrected chi connectivity index (χ0v) is 8.70. The lowest BCUT2D eigenvalue weighted by molar-refractivity contribution is 0.428. The van der Waals surface area contributed by atoms with E-state index in [2.05, 4.69) is 25.1 Å². The van der Waals surface area contributed by atoms with E-state index < -0.39 is 0 Å². The second-order valence-electron chi connectivity index (χ2n) is 3.51. The van der Waals surface area contributed by atoms with Crippen LogP contribution in [0.5, 0.6) is 0 Å². The molecular weight excluding hydrogens is 162 g/mol. The first-order valence-corrected chi connectivity index (χ1v) is 4.98. The number of hydrogen-bond donors (Lipinski definition) is 1. The van der Waals surface area contributed by atoms with Gasteiger partial charge in [-0.2, -0.15) is 5.10 Å². The van der Waals surface area contributed by atoms with E-state index in [9.17, 15) is 0 Å². The highest BCUT2D eigenvalue weighted by molar-refractivity contribution is 5.08. The molecular formula is C10H19N3.